The van der Waals surface area contributed by atoms with Gasteiger partial charge in [0, 0.05) is 19.0 Å². The van der Waals surface area contributed by atoms with Crippen LogP contribution in [0.2, 0.25) is 0 Å². The van der Waals surface area contributed by atoms with Gasteiger partial charge in [-0.3, -0.25) is 19.3 Å². The Bertz CT molecular complexity index is 802. The number of aromatic nitrogens is 1. The number of rotatable bonds is 3. The van der Waals surface area contributed by atoms with E-state index in [1.54, 1.807) is 0 Å². The first-order valence-corrected chi connectivity index (χ1v) is 7.73. The number of nitrogens with two attached hydrogens (primary N) is 1. The zero-order valence-corrected chi connectivity index (χ0v) is 13.1. The first-order valence-electron chi connectivity index (χ1n) is 6.91. The van der Waals surface area contributed by atoms with Crippen molar-refractivity contribution in [2.75, 3.05) is 10.2 Å². The Labute approximate surface area is 136 Å². The number of anilines is 2. The number of carbonyl (C=O) groups excluding carboxylic acids is 3. The minimum absolute atomic E-state index is 0.202. The summed E-state index contributed by atoms with van der Waals surface area (Å²) >= 11 is 1.00. The van der Waals surface area contributed by atoms with Gasteiger partial charge in [0.15, 0.2) is 5.13 Å². The van der Waals surface area contributed by atoms with Gasteiger partial charge in [0.25, 0.3) is 5.91 Å². The predicted octanol–water partition coefficient (Wildman–Crippen LogP) is 1.16. The fourth-order valence-corrected chi connectivity index (χ4v) is 3.29. The van der Waals surface area contributed by atoms with Gasteiger partial charge in [-0.25, -0.2) is 4.98 Å². The summed E-state index contributed by atoms with van der Waals surface area (Å²) in [4.78, 5) is 41.2. The highest BCUT2D eigenvalue weighted by Crippen LogP contribution is 2.32. The highest BCUT2D eigenvalue weighted by Gasteiger charge is 2.36. The third-order valence-electron chi connectivity index (χ3n) is 3.60. The van der Waals surface area contributed by atoms with Crippen LogP contribution < -0.4 is 16.0 Å². The van der Waals surface area contributed by atoms with Crippen LogP contribution in [0.15, 0.2) is 30.5 Å². The van der Waals surface area contributed by atoms with E-state index in [0.717, 1.165) is 22.6 Å². The van der Waals surface area contributed by atoms with Gasteiger partial charge in [-0.2, -0.15) is 0 Å². The Morgan fingerprint density at radius 2 is 2.09 bits per heavy atom. The minimum atomic E-state index is -0.633. The molecule has 0 unspecified atom stereocenters. The Kier molecular flexibility index (Phi) is 3.83. The number of amides is 3. The van der Waals surface area contributed by atoms with Crippen LogP contribution in [0.3, 0.4) is 0 Å². The van der Waals surface area contributed by atoms with Crippen LogP contribution in [0.5, 0.6) is 0 Å². The van der Waals surface area contributed by atoms with E-state index in [2.05, 4.69) is 10.3 Å². The minimum Gasteiger partial charge on any atom is -0.365 e. The van der Waals surface area contributed by atoms with Gasteiger partial charge in [-0.15, -0.1) is 0 Å². The lowest BCUT2D eigenvalue weighted by Gasteiger charge is -2.22. The first-order chi connectivity index (χ1) is 11.0. The fraction of sp³-hybridized carbons (Fsp3) is 0.200. The van der Waals surface area contributed by atoms with Crippen molar-refractivity contribution in [1.82, 2.24) is 4.98 Å². The van der Waals surface area contributed by atoms with E-state index in [4.69, 9.17) is 5.73 Å². The van der Waals surface area contributed by atoms with Crippen molar-refractivity contribution in [2.24, 2.45) is 5.73 Å². The number of nitrogens with one attached hydrogen (secondary N) is 1. The molecular formula is C15H14N4O3S. The molecule has 3 amide bonds. The second-order valence-electron chi connectivity index (χ2n) is 5.12. The summed E-state index contributed by atoms with van der Waals surface area (Å²) in [7, 11) is 0. The standard InChI is InChI=1S/C15H14N4O3S/c1-8(20)19-10-5-3-2-4-9(10)6-11(19)14(22)18-15-17-7-12(23-15)13(16)21/h2-5,7,11H,6H2,1H3,(H2,16,21)(H,17,18,22)/t11-/m0/s1. The molecule has 0 bridgehead atoms. The molecule has 118 valence electrons. The monoisotopic (exact) mass is 330 g/mol. The lowest BCUT2D eigenvalue weighted by molar-refractivity contribution is -0.122. The van der Waals surface area contributed by atoms with Gasteiger partial charge in [0.05, 0.1) is 6.20 Å². The van der Waals surface area contributed by atoms with Crippen molar-refractivity contribution < 1.29 is 14.4 Å². The molecule has 1 atom stereocenters. The topological polar surface area (TPSA) is 105 Å². The SMILES string of the molecule is CC(=O)N1c2ccccc2C[C@H]1C(=O)Nc1ncc(C(N)=O)s1. The summed E-state index contributed by atoms with van der Waals surface area (Å²) in [5.74, 6) is -1.14. The zero-order chi connectivity index (χ0) is 16.6. The third kappa shape index (κ3) is 2.80. The molecule has 23 heavy (non-hydrogen) atoms. The predicted molar refractivity (Wildman–Crippen MR) is 86.4 cm³/mol. The van der Waals surface area contributed by atoms with Crippen LogP contribution in [-0.2, 0) is 16.0 Å². The number of carbonyl (C=O) groups is 3. The van der Waals surface area contributed by atoms with E-state index in [-0.39, 0.29) is 21.8 Å². The molecule has 0 radical (unpaired) electrons. The van der Waals surface area contributed by atoms with Gasteiger partial charge >= 0.3 is 0 Å². The van der Waals surface area contributed by atoms with E-state index in [1.807, 2.05) is 24.3 Å². The van der Waals surface area contributed by atoms with E-state index >= 15 is 0 Å². The first kappa shape index (κ1) is 15.2. The molecule has 2 aromatic rings. The summed E-state index contributed by atoms with van der Waals surface area (Å²) < 4.78 is 0. The molecule has 0 spiro atoms. The Morgan fingerprint density at radius 3 is 2.74 bits per heavy atom. The number of benzene rings is 1. The molecule has 7 nitrogen and oxygen atoms in total. The molecule has 1 aliphatic rings. The quantitative estimate of drug-likeness (QED) is 0.881. The van der Waals surface area contributed by atoms with Gasteiger partial charge in [-0.05, 0) is 11.6 Å². The van der Waals surface area contributed by atoms with E-state index < -0.39 is 11.9 Å². The van der Waals surface area contributed by atoms with E-state index in [1.165, 1.54) is 18.0 Å². The molecule has 3 N–H and O–H groups in total. The number of fused-ring (bicyclic) bond motifs is 1. The maximum atomic E-state index is 12.5. The van der Waals surface area contributed by atoms with Crippen LogP contribution in [0.1, 0.15) is 22.2 Å². The summed E-state index contributed by atoms with van der Waals surface area (Å²) in [5, 5.41) is 2.93. The Hall–Kier alpha value is -2.74. The van der Waals surface area contributed by atoms with Crippen molar-refractivity contribution in [3.05, 3.63) is 40.9 Å². The highest BCUT2D eigenvalue weighted by molar-refractivity contribution is 7.17. The molecule has 1 aromatic heterocycles. The lowest BCUT2D eigenvalue weighted by Crippen LogP contribution is -2.44. The van der Waals surface area contributed by atoms with Crippen LogP contribution >= 0.6 is 11.3 Å². The maximum absolute atomic E-state index is 12.5. The van der Waals surface area contributed by atoms with Crippen molar-refractivity contribution in [3.8, 4) is 0 Å². The zero-order valence-electron chi connectivity index (χ0n) is 12.3. The molecule has 0 saturated heterocycles. The molecule has 0 fully saturated rings. The maximum Gasteiger partial charge on any atom is 0.260 e. The number of thiazole rings is 1. The number of hydrogen-bond acceptors (Lipinski definition) is 5. The Balaban J connectivity index is 1.82. The average Bonchev–Trinajstić information content (AvgIpc) is 3.10. The molecule has 1 aromatic carbocycles. The van der Waals surface area contributed by atoms with Gasteiger partial charge in [0.2, 0.25) is 11.8 Å². The van der Waals surface area contributed by atoms with Crippen molar-refractivity contribution in [1.29, 1.82) is 0 Å². The van der Waals surface area contributed by atoms with Gasteiger partial charge in [-0.1, -0.05) is 29.5 Å². The normalized spacial score (nSPS) is 16.0. The summed E-state index contributed by atoms with van der Waals surface area (Å²) in [6.45, 7) is 1.43. The van der Waals surface area contributed by atoms with Gasteiger partial charge in [0.1, 0.15) is 10.9 Å². The Morgan fingerprint density at radius 1 is 1.35 bits per heavy atom. The molecule has 0 saturated carbocycles. The van der Waals surface area contributed by atoms with E-state index in [9.17, 15) is 14.4 Å². The third-order valence-corrected chi connectivity index (χ3v) is 4.52. The van der Waals surface area contributed by atoms with Crippen molar-refractivity contribution >= 4 is 39.9 Å². The molecule has 0 aliphatic carbocycles. The summed E-state index contributed by atoms with van der Waals surface area (Å²) in [6, 6.07) is 6.78. The van der Waals surface area contributed by atoms with Crippen molar-refractivity contribution in [2.45, 2.75) is 19.4 Å². The molecule has 1 aliphatic heterocycles. The van der Waals surface area contributed by atoms with Crippen LogP contribution in [0, 0.1) is 0 Å². The van der Waals surface area contributed by atoms with Crippen LogP contribution in [-0.4, -0.2) is 28.7 Å². The number of hydrogen-bond donors (Lipinski definition) is 2. The summed E-state index contributed by atoms with van der Waals surface area (Å²) in [5.41, 5.74) is 6.86. The second kappa shape index (κ2) is 5.81. The van der Waals surface area contributed by atoms with E-state index in [0.29, 0.717) is 6.42 Å². The van der Waals surface area contributed by atoms with Crippen LogP contribution in [0.4, 0.5) is 10.8 Å². The van der Waals surface area contributed by atoms with Crippen LogP contribution in [0.25, 0.3) is 0 Å². The average molecular weight is 330 g/mol. The molecular weight excluding hydrogens is 316 g/mol. The number of nitrogens with zero attached hydrogens (tertiary/aromatic N) is 2. The molecule has 3 rings (SSSR count). The second-order valence-corrected chi connectivity index (χ2v) is 6.15. The number of para-hydroxylation sites is 1. The largest absolute Gasteiger partial charge is 0.365 e. The van der Waals surface area contributed by atoms with Crippen molar-refractivity contribution in [3.63, 3.8) is 0 Å². The lowest BCUT2D eigenvalue weighted by atomic mass is 10.1. The molecule has 8 heteroatoms. The molecule has 2 heterocycles. The number of primary amides is 1. The van der Waals surface area contributed by atoms with Gasteiger partial charge < -0.3 is 11.1 Å². The smallest absolute Gasteiger partial charge is 0.260 e. The fourth-order valence-electron chi connectivity index (χ4n) is 2.62. The summed E-state index contributed by atoms with van der Waals surface area (Å²) in [6.07, 6.45) is 1.75. The highest BCUT2D eigenvalue weighted by atomic mass is 32.1.